The number of nitriles is 1. The van der Waals surface area contributed by atoms with Gasteiger partial charge in [-0.3, -0.25) is 0 Å². The van der Waals surface area contributed by atoms with Crippen LogP contribution in [0.5, 0.6) is 0 Å². The molecule has 0 heterocycles. The highest BCUT2D eigenvalue weighted by Gasteiger charge is 2.31. The average Bonchev–Trinajstić information content (AvgIpc) is 2.33. The van der Waals surface area contributed by atoms with Crippen LogP contribution in [0.1, 0.15) is 23.7 Å². The van der Waals surface area contributed by atoms with E-state index in [1.807, 2.05) is 0 Å². The predicted octanol–water partition coefficient (Wildman–Crippen LogP) is 1.74. The van der Waals surface area contributed by atoms with Gasteiger partial charge < -0.3 is 5.11 Å². The molecule has 0 saturated carbocycles. The molecule has 0 fully saturated rings. The second kappa shape index (κ2) is 5.32. The molecule has 8 heteroatoms. The lowest BCUT2D eigenvalue weighted by atomic mass is 10.2. The van der Waals surface area contributed by atoms with Gasteiger partial charge in [0.1, 0.15) is 4.90 Å². The van der Waals surface area contributed by atoms with Gasteiger partial charge in [-0.2, -0.15) is 5.26 Å². The molecule has 1 atom stereocenters. The average molecular weight is 289 g/mol. The summed E-state index contributed by atoms with van der Waals surface area (Å²) in [5.74, 6) is -4.87. The van der Waals surface area contributed by atoms with Crippen molar-refractivity contribution in [1.82, 2.24) is 0 Å². The second-order valence-electron chi connectivity index (χ2n) is 3.65. The summed E-state index contributed by atoms with van der Waals surface area (Å²) in [6.45, 7) is 1.39. The Labute approximate surface area is 108 Å². The zero-order valence-electron chi connectivity index (χ0n) is 9.72. The quantitative estimate of drug-likeness (QED) is 0.910. The number of hydrogen-bond donors (Lipinski definition) is 1. The van der Waals surface area contributed by atoms with Gasteiger partial charge in [0.15, 0.2) is 26.7 Å². The molecule has 1 aromatic carbocycles. The number of sulfone groups is 1. The van der Waals surface area contributed by atoms with Crippen molar-refractivity contribution in [1.29, 1.82) is 5.26 Å². The van der Waals surface area contributed by atoms with E-state index in [9.17, 15) is 22.0 Å². The molecule has 1 N–H and O–H groups in total. The fourth-order valence-electron chi connectivity index (χ4n) is 1.43. The molecular weight excluding hydrogens is 280 g/mol. The van der Waals surface area contributed by atoms with Gasteiger partial charge in [-0.15, -0.1) is 0 Å². The minimum atomic E-state index is -4.45. The third-order valence-electron chi connectivity index (χ3n) is 2.44. The maximum absolute atomic E-state index is 13.5. The molecule has 0 spiro atoms. The van der Waals surface area contributed by atoms with Crippen molar-refractivity contribution in [2.75, 3.05) is 0 Å². The third-order valence-corrected chi connectivity index (χ3v) is 4.54. The molecule has 19 heavy (non-hydrogen) atoms. The van der Waals surface area contributed by atoms with Gasteiger partial charge in [-0.05, 0) is 18.6 Å². The maximum Gasteiger partial charge on any atom is 0.335 e. The van der Waals surface area contributed by atoms with Crippen LogP contribution < -0.4 is 0 Å². The minimum Gasteiger partial charge on any atom is -0.478 e. The number of benzene rings is 1. The van der Waals surface area contributed by atoms with E-state index in [1.54, 1.807) is 0 Å². The van der Waals surface area contributed by atoms with E-state index in [-0.39, 0.29) is 6.42 Å². The van der Waals surface area contributed by atoms with Crippen molar-refractivity contribution in [2.45, 2.75) is 23.5 Å². The molecule has 0 aromatic heterocycles. The summed E-state index contributed by atoms with van der Waals surface area (Å²) in [6, 6.07) is 2.35. The molecule has 0 amide bonds. The number of nitrogens with zero attached hydrogens (tertiary/aromatic N) is 1. The topological polar surface area (TPSA) is 95.2 Å². The van der Waals surface area contributed by atoms with Crippen LogP contribution in [-0.4, -0.2) is 24.7 Å². The van der Waals surface area contributed by atoms with E-state index in [0.717, 1.165) is 0 Å². The van der Waals surface area contributed by atoms with Gasteiger partial charge in [-0.1, -0.05) is 6.92 Å². The fourth-order valence-corrected chi connectivity index (χ4v) is 2.95. The smallest absolute Gasteiger partial charge is 0.335 e. The lowest BCUT2D eigenvalue weighted by molar-refractivity contribution is 0.0696. The first-order chi connectivity index (χ1) is 8.75. The first-order valence-electron chi connectivity index (χ1n) is 5.11. The Balaban J connectivity index is 3.60. The summed E-state index contributed by atoms with van der Waals surface area (Å²) >= 11 is 0. The molecule has 0 aliphatic heterocycles. The molecule has 5 nitrogen and oxygen atoms in total. The van der Waals surface area contributed by atoms with Gasteiger partial charge in [0.05, 0.1) is 11.6 Å². The number of aromatic carboxylic acids is 1. The van der Waals surface area contributed by atoms with Crippen molar-refractivity contribution in [3.05, 3.63) is 29.3 Å². The van der Waals surface area contributed by atoms with Crippen LogP contribution in [0.4, 0.5) is 8.78 Å². The highest BCUT2D eigenvalue weighted by atomic mass is 32.2. The first-order valence-corrected chi connectivity index (χ1v) is 6.66. The van der Waals surface area contributed by atoms with Crippen LogP contribution in [0, 0.1) is 23.0 Å². The first kappa shape index (κ1) is 15.0. The summed E-state index contributed by atoms with van der Waals surface area (Å²) in [5.41, 5.74) is -0.703. The second-order valence-corrected chi connectivity index (χ2v) is 5.75. The minimum absolute atomic E-state index is 0.128. The Hall–Kier alpha value is -2.01. The predicted molar refractivity (Wildman–Crippen MR) is 60.2 cm³/mol. The normalized spacial score (nSPS) is 12.7. The molecule has 102 valence electrons. The van der Waals surface area contributed by atoms with E-state index in [2.05, 4.69) is 0 Å². The number of carbonyl (C=O) groups is 1. The van der Waals surface area contributed by atoms with Crippen LogP contribution in [0.2, 0.25) is 0 Å². The standard InChI is InChI=1S/C11H9F2NO4S/c1-2-7(5-14)19(17,18)9-4-6(11(15)16)3-8(12)10(9)13/h3-4,7H,2H2,1H3,(H,15,16). The van der Waals surface area contributed by atoms with Crippen molar-refractivity contribution in [2.24, 2.45) is 0 Å². The van der Waals surface area contributed by atoms with Crippen molar-refractivity contribution in [3.63, 3.8) is 0 Å². The third kappa shape index (κ3) is 2.71. The Morgan fingerprint density at radius 2 is 2.05 bits per heavy atom. The lowest BCUT2D eigenvalue weighted by Crippen LogP contribution is -2.21. The largest absolute Gasteiger partial charge is 0.478 e. The van der Waals surface area contributed by atoms with Gasteiger partial charge in [-0.25, -0.2) is 22.0 Å². The van der Waals surface area contributed by atoms with Gasteiger partial charge in [0.2, 0.25) is 0 Å². The SMILES string of the molecule is CCC(C#N)S(=O)(=O)c1cc(C(=O)O)cc(F)c1F. The lowest BCUT2D eigenvalue weighted by Gasteiger charge is -2.10. The maximum atomic E-state index is 13.5. The molecule has 0 saturated heterocycles. The number of carboxylic acids is 1. The van der Waals surface area contributed by atoms with Crippen molar-refractivity contribution >= 4 is 15.8 Å². The number of halogens is 2. The zero-order valence-corrected chi connectivity index (χ0v) is 10.5. The number of rotatable bonds is 4. The summed E-state index contributed by atoms with van der Waals surface area (Å²) < 4.78 is 50.6. The molecule has 1 aromatic rings. The van der Waals surface area contributed by atoms with E-state index >= 15 is 0 Å². The fraction of sp³-hybridized carbons (Fsp3) is 0.273. The molecule has 0 aliphatic carbocycles. The van der Waals surface area contributed by atoms with Gasteiger partial charge >= 0.3 is 5.97 Å². The molecule has 1 rings (SSSR count). The van der Waals surface area contributed by atoms with E-state index in [0.29, 0.717) is 12.1 Å². The molecular formula is C11H9F2NO4S. The Bertz CT molecular complexity index is 664. The van der Waals surface area contributed by atoms with Crippen LogP contribution in [0.15, 0.2) is 17.0 Å². The summed E-state index contributed by atoms with van der Waals surface area (Å²) in [6.07, 6.45) is -0.128. The van der Waals surface area contributed by atoms with E-state index < -0.39 is 43.1 Å². The zero-order chi connectivity index (χ0) is 14.8. The van der Waals surface area contributed by atoms with Crippen molar-refractivity contribution < 1.29 is 27.1 Å². The molecule has 1 unspecified atom stereocenters. The van der Waals surface area contributed by atoms with Crippen LogP contribution in [0.3, 0.4) is 0 Å². The van der Waals surface area contributed by atoms with Crippen molar-refractivity contribution in [3.8, 4) is 6.07 Å². The monoisotopic (exact) mass is 289 g/mol. The van der Waals surface area contributed by atoms with Gasteiger partial charge in [0.25, 0.3) is 0 Å². The van der Waals surface area contributed by atoms with Crippen LogP contribution in [0.25, 0.3) is 0 Å². The van der Waals surface area contributed by atoms with Crippen LogP contribution in [-0.2, 0) is 9.84 Å². The highest BCUT2D eigenvalue weighted by Crippen LogP contribution is 2.24. The summed E-state index contributed by atoms with van der Waals surface area (Å²) in [4.78, 5) is 9.59. The molecule has 0 radical (unpaired) electrons. The van der Waals surface area contributed by atoms with E-state index in [1.165, 1.54) is 13.0 Å². The Morgan fingerprint density at radius 1 is 1.47 bits per heavy atom. The highest BCUT2D eigenvalue weighted by molar-refractivity contribution is 7.92. The van der Waals surface area contributed by atoms with Gasteiger partial charge in [0, 0.05) is 0 Å². The summed E-state index contributed by atoms with van der Waals surface area (Å²) in [5, 5.41) is 15.8. The number of carboxylic acid groups (broad SMARTS) is 1. The Morgan fingerprint density at radius 3 is 2.47 bits per heavy atom. The Kier molecular flexibility index (Phi) is 4.21. The summed E-state index contributed by atoms with van der Waals surface area (Å²) in [7, 11) is -4.45. The molecule has 0 bridgehead atoms. The molecule has 0 aliphatic rings. The number of hydrogen-bond acceptors (Lipinski definition) is 4. The van der Waals surface area contributed by atoms with Crippen LogP contribution >= 0.6 is 0 Å². The van der Waals surface area contributed by atoms with E-state index in [4.69, 9.17) is 10.4 Å².